The van der Waals surface area contributed by atoms with Gasteiger partial charge in [0.15, 0.2) is 5.96 Å². The predicted molar refractivity (Wildman–Crippen MR) is 65.5 cm³/mol. The average Bonchev–Trinajstić information content (AvgIpc) is 2.30. The zero-order chi connectivity index (χ0) is 12.7. The van der Waals surface area contributed by atoms with Crippen molar-refractivity contribution < 1.29 is 9.18 Å². The van der Waals surface area contributed by atoms with Crippen LogP contribution in [0.15, 0.2) is 29.3 Å². The third kappa shape index (κ3) is 4.50. The van der Waals surface area contributed by atoms with Gasteiger partial charge in [0.25, 0.3) is 0 Å². The maximum Gasteiger partial charge on any atom is 0.243 e. The van der Waals surface area contributed by atoms with Crippen molar-refractivity contribution in [2.24, 2.45) is 4.99 Å². The van der Waals surface area contributed by atoms with E-state index < -0.39 is 0 Å². The molecule has 1 aromatic carbocycles. The molecule has 0 aliphatic carbocycles. The van der Waals surface area contributed by atoms with Gasteiger partial charge in [0.1, 0.15) is 5.82 Å². The van der Waals surface area contributed by atoms with Crippen molar-refractivity contribution >= 4 is 17.6 Å². The molecule has 0 fully saturated rings. The Balaban J connectivity index is 2.45. The first-order chi connectivity index (χ1) is 8.15. The van der Waals surface area contributed by atoms with Crippen molar-refractivity contribution in [1.29, 1.82) is 0 Å². The maximum atomic E-state index is 12.8. The number of nitrogens with one attached hydrogen (secondary N) is 3. The number of amides is 1. The Morgan fingerprint density at radius 1 is 1.47 bits per heavy atom. The first kappa shape index (κ1) is 13.0. The second-order valence-electron chi connectivity index (χ2n) is 3.23. The summed E-state index contributed by atoms with van der Waals surface area (Å²) in [6.45, 7) is 0.0596. The van der Waals surface area contributed by atoms with Crippen LogP contribution >= 0.6 is 0 Å². The molecule has 0 aliphatic rings. The first-order valence-corrected chi connectivity index (χ1v) is 5.09. The topological polar surface area (TPSA) is 65.5 Å². The molecule has 0 heterocycles. The molecule has 3 N–H and O–H groups in total. The third-order valence-electron chi connectivity index (χ3n) is 1.99. The molecule has 0 unspecified atom stereocenters. The van der Waals surface area contributed by atoms with Crippen LogP contribution in [0.4, 0.5) is 10.1 Å². The fraction of sp³-hybridized carbons (Fsp3) is 0.273. The number of benzene rings is 1. The van der Waals surface area contributed by atoms with Crippen molar-refractivity contribution in [3.05, 3.63) is 30.1 Å². The number of nitrogens with zero attached hydrogens (tertiary/aromatic N) is 1. The van der Waals surface area contributed by atoms with Gasteiger partial charge in [0, 0.05) is 19.8 Å². The molecular weight excluding hydrogens is 223 g/mol. The zero-order valence-electron chi connectivity index (χ0n) is 9.75. The van der Waals surface area contributed by atoms with E-state index in [2.05, 4.69) is 20.9 Å². The van der Waals surface area contributed by atoms with Crippen LogP contribution in [0.2, 0.25) is 0 Å². The molecule has 0 bridgehead atoms. The second-order valence-corrected chi connectivity index (χ2v) is 3.23. The number of aliphatic imine (C=N–C) groups is 1. The maximum absolute atomic E-state index is 12.8. The Hall–Kier alpha value is -2.11. The van der Waals surface area contributed by atoms with Crippen LogP contribution in [0.5, 0.6) is 0 Å². The van der Waals surface area contributed by atoms with Gasteiger partial charge in [-0.3, -0.25) is 9.79 Å². The van der Waals surface area contributed by atoms with E-state index in [-0.39, 0.29) is 18.3 Å². The average molecular weight is 238 g/mol. The highest BCUT2D eigenvalue weighted by Crippen LogP contribution is 2.08. The van der Waals surface area contributed by atoms with Crippen LogP contribution < -0.4 is 16.0 Å². The molecule has 0 aliphatic heterocycles. The molecule has 1 aromatic rings. The van der Waals surface area contributed by atoms with Crippen molar-refractivity contribution in [3.63, 3.8) is 0 Å². The number of hydrogen-bond acceptors (Lipinski definition) is 2. The van der Waals surface area contributed by atoms with Crippen LogP contribution in [0.25, 0.3) is 0 Å². The molecule has 0 radical (unpaired) electrons. The van der Waals surface area contributed by atoms with Gasteiger partial charge in [0.2, 0.25) is 5.91 Å². The largest absolute Gasteiger partial charge is 0.359 e. The number of hydrogen-bond donors (Lipinski definition) is 3. The Morgan fingerprint density at radius 2 is 2.24 bits per heavy atom. The molecule has 6 heteroatoms. The summed E-state index contributed by atoms with van der Waals surface area (Å²) in [6, 6.07) is 5.72. The summed E-state index contributed by atoms with van der Waals surface area (Å²) < 4.78 is 12.8. The summed E-state index contributed by atoms with van der Waals surface area (Å²) in [5.41, 5.74) is 0.427. The highest BCUT2D eigenvalue weighted by molar-refractivity contribution is 5.94. The van der Waals surface area contributed by atoms with Crippen molar-refractivity contribution in [3.8, 4) is 0 Å². The SMILES string of the molecule is CN=C(NC)NCC(=O)Nc1cccc(F)c1. The molecule has 1 amide bonds. The summed E-state index contributed by atoms with van der Waals surface area (Å²) in [4.78, 5) is 15.3. The van der Waals surface area contributed by atoms with Crippen LogP contribution in [-0.2, 0) is 4.79 Å². The van der Waals surface area contributed by atoms with E-state index in [9.17, 15) is 9.18 Å². The lowest BCUT2D eigenvalue weighted by molar-refractivity contribution is -0.115. The summed E-state index contributed by atoms with van der Waals surface area (Å²) in [5, 5.41) is 8.13. The van der Waals surface area contributed by atoms with Crippen LogP contribution in [-0.4, -0.2) is 32.5 Å². The predicted octanol–water partition coefficient (Wildman–Crippen LogP) is 0.559. The van der Waals surface area contributed by atoms with E-state index in [0.29, 0.717) is 11.6 Å². The van der Waals surface area contributed by atoms with E-state index in [1.54, 1.807) is 20.2 Å². The molecule has 0 saturated carbocycles. The minimum Gasteiger partial charge on any atom is -0.359 e. The van der Waals surface area contributed by atoms with Gasteiger partial charge in [-0.25, -0.2) is 4.39 Å². The van der Waals surface area contributed by atoms with Crippen LogP contribution in [0.1, 0.15) is 0 Å². The van der Waals surface area contributed by atoms with Gasteiger partial charge in [-0.2, -0.15) is 0 Å². The lowest BCUT2D eigenvalue weighted by Crippen LogP contribution is -2.39. The van der Waals surface area contributed by atoms with Gasteiger partial charge in [-0.1, -0.05) is 6.07 Å². The van der Waals surface area contributed by atoms with Crippen molar-refractivity contribution in [2.45, 2.75) is 0 Å². The lowest BCUT2D eigenvalue weighted by Gasteiger charge is -2.09. The molecule has 5 nitrogen and oxygen atoms in total. The smallest absolute Gasteiger partial charge is 0.243 e. The van der Waals surface area contributed by atoms with E-state index in [0.717, 1.165) is 0 Å². The van der Waals surface area contributed by atoms with E-state index in [1.165, 1.54) is 18.2 Å². The Kier molecular flexibility index (Phi) is 4.93. The van der Waals surface area contributed by atoms with E-state index >= 15 is 0 Å². The number of guanidine groups is 1. The first-order valence-electron chi connectivity index (χ1n) is 5.09. The standard InChI is InChI=1S/C11H15FN4O/c1-13-11(14-2)15-7-10(17)16-9-5-3-4-8(12)6-9/h3-6H,7H2,1-2H3,(H,16,17)(H2,13,14,15). The molecule has 0 atom stereocenters. The minimum atomic E-state index is -0.387. The Bertz CT molecular complexity index is 420. The molecule has 17 heavy (non-hydrogen) atoms. The fourth-order valence-corrected chi connectivity index (χ4v) is 1.21. The Labute approximate surface area is 99.1 Å². The summed E-state index contributed by atoms with van der Waals surface area (Å²) >= 11 is 0. The van der Waals surface area contributed by atoms with Gasteiger partial charge < -0.3 is 16.0 Å². The number of rotatable bonds is 3. The normalized spacial score (nSPS) is 10.9. The number of carbonyl (C=O) groups is 1. The number of halogens is 1. The summed E-state index contributed by atoms with van der Waals surface area (Å²) in [5.74, 6) is -0.145. The second kappa shape index (κ2) is 6.47. The molecule has 0 spiro atoms. The molecule has 0 aromatic heterocycles. The van der Waals surface area contributed by atoms with Crippen LogP contribution in [0.3, 0.4) is 0 Å². The van der Waals surface area contributed by atoms with Crippen molar-refractivity contribution in [1.82, 2.24) is 10.6 Å². The van der Waals surface area contributed by atoms with Gasteiger partial charge in [-0.05, 0) is 18.2 Å². The van der Waals surface area contributed by atoms with Crippen LogP contribution in [0, 0.1) is 5.82 Å². The monoisotopic (exact) mass is 238 g/mol. The molecular formula is C11H15FN4O. The molecule has 1 rings (SSSR count). The van der Waals surface area contributed by atoms with Gasteiger partial charge >= 0.3 is 0 Å². The number of anilines is 1. The molecule has 0 saturated heterocycles. The van der Waals surface area contributed by atoms with E-state index in [4.69, 9.17) is 0 Å². The van der Waals surface area contributed by atoms with E-state index in [1.807, 2.05) is 0 Å². The Morgan fingerprint density at radius 3 is 2.82 bits per heavy atom. The number of carbonyl (C=O) groups excluding carboxylic acids is 1. The summed E-state index contributed by atoms with van der Waals surface area (Å²) in [6.07, 6.45) is 0. The molecule has 92 valence electrons. The van der Waals surface area contributed by atoms with Gasteiger partial charge in [0.05, 0.1) is 6.54 Å². The lowest BCUT2D eigenvalue weighted by atomic mass is 10.3. The summed E-state index contributed by atoms with van der Waals surface area (Å²) in [7, 11) is 3.29. The zero-order valence-corrected chi connectivity index (χ0v) is 9.75. The van der Waals surface area contributed by atoms with Crippen molar-refractivity contribution in [2.75, 3.05) is 26.0 Å². The minimum absolute atomic E-state index is 0.0596. The fourth-order valence-electron chi connectivity index (χ4n) is 1.21. The van der Waals surface area contributed by atoms with Gasteiger partial charge in [-0.15, -0.1) is 0 Å². The highest BCUT2D eigenvalue weighted by Gasteiger charge is 2.03. The highest BCUT2D eigenvalue weighted by atomic mass is 19.1. The quantitative estimate of drug-likeness (QED) is 0.532. The third-order valence-corrected chi connectivity index (χ3v) is 1.99.